The summed E-state index contributed by atoms with van der Waals surface area (Å²) in [6.45, 7) is 3.82. The highest BCUT2D eigenvalue weighted by molar-refractivity contribution is 14.0. The lowest BCUT2D eigenvalue weighted by atomic mass is 10.1. The maximum Gasteiger partial charge on any atom is 0.401 e. The van der Waals surface area contributed by atoms with Gasteiger partial charge < -0.3 is 15.2 Å². The first-order valence-electron chi connectivity index (χ1n) is 10.2. The number of hydrogen-bond acceptors (Lipinski definition) is 3. The molecule has 1 fully saturated rings. The smallest absolute Gasteiger partial charge is 0.357 e. The standard InChI is InChI=1S/C21H29F3N6.HI/c1-3-25-20(27-11-16-9-10-30(13-16)15-21(22,23)24)29(2)14-19-26-12-18(28-19)17-7-5-4-6-8-17;/h4-8,12,16H,3,9-11,13-15H2,1-2H3,(H,25,27)(H,26,28);1H. The summed E-state index contributed by atoms with van der Waals surface area (Å²) in [5.74, 6) is 1.69. The number of H-pyrrole nitrogens is 1. The van der Waals surface area contributed by atoms with Gasteiger partial charge in [-0.3, -0.25) is 9.89 Å². The molecule has 0 spiro atoms. The first-order chi connectivity index (χ1) is 14.3. The highest BCUT2D eigenvalue weighted by Crippen LogP contribution is 2.23. The van der Waals surface area contributed by atoms with Crippen LogP contribution < -0.4 is 5.32 Å². The number of aliphatic imine (C=N–C) groups is 1. The van der Waals surface area contributed by atoms with Crippen LogP contribution in [-0.4, -0.2) is 71.7 Å². The predicted octanol–water partition coefficient (Wildman–Crippen LogP) is 3.98. The molecule has 1 atom stereocenters. The zero-order valence-corrected chi connectivity index (χ0v) is 20.2. The van der Waals surface area contributed by atoms with Crippen molar-refractivity contribution in [2.24, 2.45) is 10.9 Å². The highest BCUT2D eigenvalue weighted by Gasteiger charge is 2.34. The zero-order valence-electron chi connectivity index (χ0n) is 17.8. The first-order valence-corrected chi connectivity index (χ1v) is 10.2. The SMILES string of the molecule is CCNC(=NCC1CCN(CC(F)(F)F)C1)N(C)Cc1ncc(-c2ccccc2)[nH]1.I. The molecule has 10 heteroatoms. The minimum Gasteiger partial charge on any atom is -0.357 e. The summed E-state index contributed by atoms with van der Waals surface area (Å²) >= 11 is 0. The maximum absolute atomic E-state index is 12.6. The van der Waals surface area contributed by atoms with Gasteiger partial charge >= 0.3 is 6.18 Å². The lowest BCUT2D eigenvalue weighted by molar-refractivity contribution is -0.143. The van der Waals surface area contributed by atoms with Gasteiger partial charge in [-0.05, 0) is 31.4 Å². The van der Waals surface area contributed by atoms with Crippen molar-refractivity contribution in [3.63, 3.8) is 0 Å². The molecule has 6 nitrogen and oxygen atoms in total. The Morgan fingerprint density at radius 3 is 2.74 bits per heavy atom. The van der Waals surface area contributed by atoms with E-state index in [1.54, 1.807) is 0 Å². The van der Waals surface area contributed by atoms with E-state index in [2.05, 4.69) is 20.3 Å². The zero-order chi connectivity index (χ0) is 21.6. The largest absolute Gasteiger partial charge is 0.401 e. The van der Waals surface area contributed by atoms with Crippen molar-refractivity contribution in [1.82, 2.24) is 25.1 Å². The molecule has 0 aliphatic carbocycles. The van der Waals surface area contributed by atoms with Crippen molar-refractivity contribution in [2.45, 2.75) is 26.1 Å². The van der Waals surface area contributed by atoms with Crippen LogP contribution in [0.15, 0.2) is 41.5 Å². The van der Waals surface area contributed by atoms with Crippen molar-refractivity contribution in [3.05, 3.63) is 42.4 Å². The fourth-order valence-corrected chi connectivity index (χ4v) is 3.65. The lowest BCUT2D eigenvalue weighted by Crippen LogP contribution is -2.39. The van der Waals surface area contributed by atoms with E-state index in [-0.39, 0.29) is 29.9 Å². The van der Waals surface area contributed by atoms with Crippen LogP contribution in [0.5, 0.6) is 0 Å². The molecule has 1 aliphatic rings. The molecule has 1 aliphatic heterocycles. The molecular formula is C21H30F3IN6. The van der Waals surface area contributed by atoms with Gasteiger partial charge in [0.1, 0.15) is 5.82 Å². The lowest BCUT2D eigenvalue weighted by Gasteiger charge is -2.22. The number of likely N-dealkylation sites (tertiary alicyclic amines) is 1. The summed E-state index contributed by atoms with van der Waals surface area (Å²) in [4.78, 5) is 15.9. The molecule has 0 bridgehead atoms. The van der Waals surface area contributed by atoms with Crippen LogP contribution in [0.25, 0.3) is 11.3 Å². The van der Waals surface area contributed by atoms with Gasteiger partial charge in [0.15, 0.2) is 5.96 Å². The van der Waals surface area contributed by atoms with Gasteiger partial charge in [-0.25, -0.2) is 4.98 Å². The number of alkyl halides is 3. The van der Waals surface area contributed by atoms with Gasteiger partial charge in [-0.2, -0.15) is 13.2 Å². The Balaban J connectivity index is 0.00000341. The maximum atomic E-state index is 12.6. The molecular weight excluding hydrogens is 520 g/mol. The van der Waals surface area contributed by atoms with Gasteiger partial charge in [0, 0.05) is 26.7 Å². The third-order valence-corrected chi connectivity index (χ3v) is 5.07. The van der Waals surface area contributed by atoms with E-state index < -0.39 is 12.7 Å². The topological polar surface area (TPSA) is 59.6 Å². The average molecular weight is 550 g/mol. The molecule has 1 unspecified atom stereocenters. The van der Waals surface area contributed by atoms with Crippen LogP contribution in [0.1, 0.15) is 19.2 Å². The van der Waals surface area contributed by atoms with Crippen molar-refractivity contribution in [3.8, 4) is 11.3 Å². The van der Waals surface area contributed by atoms with Crippen molar-refractivity contribution < 1.29 is 13.2 Å². The van der Waals surface area contributed by atoms with Gasteiger partial charge in [-0.15, -0.1) is 24.0 Å². The van der Waals surface area contributed by atoms with Crippen LogP contribution >= 0.6 is 24.0 Å². The average Bonchev–Trinajstić information content (AvgIpc) is 3.34. The molecule has 0 radical (unpaired) electrons. The molecule has 31 heavy (non-hydrogen) atoms. The number of aromatic amines is 1. The monoisotopic (exact) mass is 550 g/mol. The number of guanidine groups is 1. The number of benzene rings is 1. The molecule has 1 aromatic heterocycles. The van der Waals surface area contributed by atoms with Crippen molar-refractivity contribution in [2.75, 3.05) is 39.8 Å². The second-order valence-corrected chi connectivity index (χ2v) is 7.67. The van der Waals surface area contributed by atoms with E-state index in [0.717, 1.165) is 29.5 Å². The Kier molecular flexibility index (Phi) is 9.60. The summed E-state index contributed by atoms with van der Waals surface area (Å²) in [6.07, 6.45) is -1.59. The van der Waals surface area contributed by atoms with Crippen LogP contribution in [0.2, 0.25) is 0 Å². The van der Waals surface area contributed by atoms with Crippen molar-refractivity contribution in [1.29, 1.82) is 0 Å². The third-order valence-electron chi connectivity index (χ3n) is 5.07. The number of nitrogens with zero attached hydrogens (tertiary/aromatic N) is 4. The van der Waals surface area contributed by atoms with Gasteiger partial charge in [0.25, 0.3) is 0 Å². The van der Waals surface area contributed by atoms with E-state index in [4.69, 9.17) is 0 Å². The summed E-state index contributed by atoms with van der Waals surface area (Å²) in [6, 6.07) is 9.99. The van der Waals surface area contributed by atoms with E-state index in [0.29, 0.717) is 32.7 Å². The molecule has 172 valence electrons. The summed E-state index contributed by atoms with van der Waals surface area (Å²) in [5.41, 5.74) is 2.03. The first kappa shape index (κ1) is 25.4. The summed E-state index contributed by atoms with van der Waals surface area (Å²) in [7, 11) is 1.93. The fourth-order valence-electron chi connectivity index (χ4n) is 3.65. The van der Waals surface area contributed by atoms with Gasteiger partial charge in [-0.1, -0.05) is 30.3 Å². The number of aromatic nitrogens is 2. The second kappa shape index (κ2) is 11.7. The predicted molar refractivity (Wildman–Crippen MR) is 127 cm³/mol. The second-order valence-electron chi connectivity index (χ2n) is 7.67. The van der Waals surface area contributed by atoms with E-state index in [1.165, 1.54) is 4.90 Å². The Bertz CT molecular complexity index is 824. The minimum atomic E-state index is -4.14. The summed E-state index contributed by atoms with van der Waals surface area (Å²) in [5, 5.41) is 3.26. The Morgan fingerprint density at radius 1 is 1.32 bits per heavy atom. The summed E-state index contributed by atoms with van der Waals surface area (Å²) < 4.78 is 37.7. The molecule has 2 aromatic rings. The normalized spacial score (nSPS) is 17.5. The van der Waals surface area contributed by atoms with E-state index >= 15 is 0 Å². The van der Waals surface area contributed by atoms with E-state index in [1.807, 2.05) is 55.4 Å². The molecule has 2 heterocycles. The number of halogens is 4. The molecule has 0 amide bonds. The number of nitrogens with one attached hydrogen (secondary N) is 2. The fraction of sp³-hybridized carbons (Fsp3) is 0.524. The van der Waals surface area contributed by atoms with E-state index in [9.17, 15) is 13.2 Å². The Morgan fingerprint density at radius 2 is 2.06 bits per heavy atom. The van der Waals surface area contributed by atoms with Gasteiger partial charge in [0.2, 0.25) is 0 Å². The van der Waals surface area contributed by atoms with Crippen LogP contribution in [0.3, 0.4) is 0 Å². The van der Waals surface area contributed by atoms with Gasteiger partial charge in [0.05, 0.1) is 25.0 Å². The van der Waals surface area contributed by atoms with Crippen LogP contribution in [0, 0.1) is 5.92 Å². The Hall–Kier alpha value is -1.82. The minimum absolute atomic E-state index is 0. The molecule has 1 aromatic carbocycles. The molecule has 2 N–H and O–H groups in total. The number of hydrogen-bond donors (Lipinski definition) is 2. The number of rotatable bonds is 7. The molecule has 3 rings (SSSR count). The Labute approximate surface area is 198 Å². The number of imidazole rings is 1. The molecule has 0 saturated carbocycles. The van der Waals surface area contributed by atoms with Crippen molar-refractivity contribution >= 4 is 29.9 Å². The third kappa shape index (κ3) is 7.99. The van der Waals surface area contributed by atoms with Crippen LogP contribution in [0.4, 0.5) is 13.2 Å². The highest BCUT2D eigenvalue weighted by atomic mass is 127. The molecule has 1 saturated heterocycles. The quantitative estimate of drug-likeness (QED) is 0.311. The van der Waals surface area contributed by atoms with Crippen LogP contribution in [-0.2, 0) is 6.54 Å².